The van der Waals surface area contributed by atoms with Crippen molar-refractivity contribution in [3.05, 3.63) is 11.8 Å². The molecule has 0 saturated heterocycles. The summed E-state index contributed by atoms with van der Waals surface area (Å²) in [5, 5.41) is 16.1. The quantitative estimate of drug-likeness (QED) is 0.598. The summed E-state index contributed by atoms with van der Waals surface area (Å²) in [4.78, 5) is 0. The lowest BCUT2D eigenvalue weighted by Gasteiger charge is -1.90. The van der Waals surface area contributed by atoms with Crippen molar-refractivity contribution in [3.63, 3.8) is 0 Å². The molecule has 9 heavy (non-hydrogen) atoms. The molecule has 0 unspecified atom stereocenters. The summed E-state index contributed by atoms with van der Waals surface area (Å²) in [7, 11) is 0. The molecule has 0 bridgehead atoms. The van der Waals surface area contributed by atoms with E-state index in [2.05, 4.69) is 10.2 Å². The van der Waals surface area contributed by atoms with Gasteiger partial charge in [0.1, 0.15) is 0 Å². The van der Waals surface area contributed by atoms with E-state index < -0.39 is 0 Å². The second-order valence-electron chi connectivity index (χ2n) is 1.59. The van der Waals surface area contributed by atoms with Gasteiger partial charge in [0.05, 0.1) is 17.8 Å². The van der Waals surface area contributed by atoms with Crippen LogP contribution in [-0.2, 0) is 6.61 Å². The molecule has 0 radical (unpaired) electrons. The van der Waals surface area contributed by atoms with Crippen LogP contribution in [0.2, 0.25) is 0 Å². The van der Waals surface area contributed by atoms with Crippen molar-refractivity contribution in [3.8, 4) is 0 Å². The van der Waals surface area contributed by atoms with Gasteiger partial charge >= 0.3 is 0 Å². The number of aliphatic hydroxyl groups excluding tert-OH is 1. The van der Waals surface area contributed by atoms with Gasteiger partial charge < -0.3 is 5.11 Å². The van der Waals surface area contributed by atoms with Crippen molar-refractivity contribution in [1.29, 1.82) is 0 Å². The molecule has 0 amide bonds. The first kappa shape index (κ1) is 6.64. The summed E-state index contributed by atoms with van der Waals surface area (Å²) in [6, 6.07) is 0. The van der Waals surface area contributed by atoms with Gasteiger partial charge in [-0.05, 0) is 6.26 Å². The maximum absolute atomic E-state index is 8.67. The van der Waals surface area contributed by atoms with Gasteiger partial charge in [0.15, 0.2) is 0 Å². The van der Waals surface area contributed by atoms with Gasteiger partial charge in [-0.1, -0.05) is 0 Å². The highest BCUT2D eigenvalue weighted by Gasteiger charge is 1.99. The average Bonchev–Trinajstić information content (AvgIpc) is 2.33. The number of aliphatic hydroxyl groups is 1. The first-order valence-electron chi connectivity index (χ1n) is 2.55. The van der Waals surface area contributed by atoms with E-state index in [1.165, 1.54) is 0 Å². The van der Waals surface area contributed by atoms with Crippen LogP contribution in [0, 0.1) is 0 Å². The number of nitrogens with one attached hydrogen (secondary N) is 1. The maximum atomic E-state index is 8.67. The van der Waals surface area contributed by atoms with Crippen LogP contribution >= 0.6 is 11.8 Å². The number of thioether (sulfide) groups is 1. The molecule has 0 aliphatic carbocycles. The molecule has 2 N–H and O–H groups in total. The molecule has 0 atom stereocenters. The Hall–Kier alpha value is -0.480. The zero-order valence-electron chi connectivity index (χ0n) is 5.09. The third-order valence-electron chi connectivity index (χ3n) is 1.05. The number of aromatic amines is 1. The maximum Gasteiger partial charge on any atom is 0.0960 e. The predicted molar refractivity (Wildman–Crippen MR) is 36.3 cm³/mol. The molecule has 0 fully saturated rings. The number of nitrogens with zero attached hydrogens (tertiary/aromatic N) is 1. The lowest BCUT2D eigenvalue weighted by molar-refractivity contribution is 0.279. The van der Waals surface area contributed by atoms with Gasteiger partial charge in [-0.2, -0.15) is 5.10 Å². The van der Waals surface area contributed by atoms with Gasteiger partial charge in [0.2, 0.25) is 0 Å². The minimum absolute atomic E-state index is 0.0622. The van der Waals surface area contributed by atoms with Crippen LogP contribution in [0.5, 0.6) is 0 Å². The molecule has 50 valence electrons. The molecule has 0 aromatic carbocycles. The van der Waals surface area contributed by atoms with Gasteiger partial charge in [-0.15, -0.1) is 11.8 Å². The molecular formula is C5H8N2OS. The molecule has 1 heterocycles. The van der Waals surface area contributed by atoms with Crippen LogP contribution in [0.3, 0.4) is 0 Å². The summed E-state index contributed by atoms with van der Waals surface area (Å²) in [6.45, 7) is 0.0622. The topological polar surface area (TPSA) is 48.9 Å². The Kier molecular flexibility index (Phi) is 2.13. The largest absolute Gasteiger partial charge is 0.392 e. The monoisotopic (exact) mass is 144 g/mol. The standard InChI is InChI=1S/C5H8N2OS/c1-9-5-4(3-8)2-6-7-5/h2,8H,3H2,1H3,(H,6,7). The number of hydrogen-bond acceptors (Lipinski definition) is 3. The normalized spacial score (nSPS) is 10.0. The predicted octanol–water partition coefficient (Wildman–Crippen LogP) is 0.624. The van der Waals surface area contributed by atoms with E-state index in [1.54, 1.807) is 18.0 Å². The highest BCUT2D eigenvalue weighted by molar-refractivity contribution is 7.98. The molecule has 0 aliphatic heterocycles. The fraction of sp³-hybridized carbons (Fsp3) is 0.400. The van der Waals surface area contributed by atoms with Crippen molar-refractivity contribution in [2.45, 2.75) is 11.6 Å². The molecule has 1 aromatic rings. The molecule has 3 nitrogen and oxygen atoms in total. The van der Waals surface area contributed by atoms with E-state index >= 15 is 0 Å². The summed E-state index contributed by atoms with van der Waals surface area (Å²) < 4.78 is 0. The summed E-state index contributed by atoms with van der Waals surface area (Å²) in [5.41, 5.74) is 0.863. The first-order valence-corrected chi connectivity index (χ1v) is 3.78. The van der Waals surface area contributed by atoms with Crippen LogP contribution in [0.25, 0.3) is 0 Å². The molecule has 1 rings (SSSR count). The Morgan fingerprint density at radius 3 is 3.11 bits per heavy atom. The lowest BCUT2D eigenvalue weighted by atomic mass is 10.4. The summed E-state index contributed by atoms with van der Waals surface area (Å²) >= 11 is 1.55. The second kappa shape index (κ2) is 2.89. The van der Waals surface area contributed by atoms with Crippen LogP contribution < -0.4 is 0 Å². The van der Waals surface area contributed by atoms with Crippen molar-refractivity contribution < 1.29 is 5.11 Å². The summed E-state index contributed by atoms with van der Waals surface area (Å²) in [5.74, 6) is 0. The zero-order valence-corrected chi connectivity index (χ0v) is 5.90. The van der Waals surface area contributed by atoms with Gasteiger partial charge in [0, 0.05) is 5.56 Å². The highest BCUT2D eigenvalue weighted by atomic mass is 32.2. The van der Waals surface area contributed by atoms with Crippen molar-refractivity contribution in [2.24, 2.45) is 0 Å². The van der Waals surface area contributed by atoms with Crippen molar-refractivity contribution in [1.82, 2.24) is 10.2 Å². The summed E-state index contributed by atoms with van der Waals surface area (Å²) in [6.07, 6.45) is 3.57. The van der Waals surface area contributed by atoms with Gasteiger partial charge in [-0.3, -0.25) is 5.10 Å². The molecule has 0 saturated carbocycles. The third-order valence-corrected chi connectivity index (χ3v) is 1.81. The Bertz CT molecular complexity index is 168. The highest BCUT2D eigenvalue weighted by Crippen LogP contribution is 2.15. The van der Waals surface area contributed by atoms with Crippen molar-refractivity contribution >= 4 is 11.8 Å². The minimum atomic E-state index is 0.0622. The molecule has 1 aromatic heterocycles. The molecule has 0 spiro atoms. The van der Waals surface area contributed by atoms with Crippen LogP contribution in [-0.4, -0.2) is 21.6 Å². The van der Waals surface area contributed by atoms with E-state index in [-0.39, 0.29) is 6.61 Å². The first-order chi connectivity index (χ1) is 4.38. The van der Waals surface area contributed by atoms with Crippen molar-refractivity contribution in [2.75, 3.05) is 6.26 Å². The number of rotatable bonds is 2. The lowest BCUT2D eigenvalue weighted by Crippen LogP contribution is -1.80. The number of aromatic nitrogens is 2. The smallest absolute Gasteiger partial charge is 0.0960 e. The zero-order chi connectivity index (χ0) is 6.69. The van der Waals surface area contributed by atoms with E-state index in [9.17, 15) is 0 Å². The second-order valence-corrected chi connectivity index (χ2v) is 2.40. The Morgan fingerprint density at radius 2 is 2.67 bits per heavy atom. The van der Waals surface area contributed by atoms with Crippen LogP contribution in [0.4, 0.5) is 0 Å². The fourth-order valence-electron chi connectivity index (χ4n) is 0.589. The number of H-pyrrole nitrogens is 1. The Morgan fingerprint density at radius 1 is 1.89 bits per heavy atom. The van der Waals surface area contributed by atoms with Crippen LogP contribution in [0.15, 0.2) is 11.2 Å². The van der Waals surface area contributed by atoms with E-state index in [0.717, 1.165) is 10.6 Å². The molecule has 4 heteroatoms. The van der Waals surface area contributed by atoms with E-state index in [0.29, 0.717) is 0 Å². The number of hydrogen-bond donors (Lipinski definition) is 2. The Labute approximate surface area is 57.5 Å². The average molecular weight is 144 g/mol. The molecule has 0 aliphatic rings. The fourth-order valence-corrected chi connectivity index (χ4v) is 1.11. The van der Waals surface area contributed by atoms with Crippen LogP contribution in [0.1, 0.15) is 5.56 Å². The van der Waals surface area contributed by atoms with E-state index in [4.69, 9.17) is 5.11 Å². The van der Waals surface area contributed by atoms with Gasteiger partial charge in [-0.25, -0.2) is 0 Å². The minimum Gasteiger partial charge on any atom is -0.392 e. The van der Waals surface area contributed by atoms with E-state index in [1.807, 2.05) is 6.26 Å². The molecular weight excluding hydrogens is 136 g/mol. The van der Waals surface area contributed by atoms with Gasteiger partial charge in [0.25, 0.3) is 0 Å². The Balaban J connectivity index is 2.85. The SMILES string of the molecule is CSc1[nH]ncc1CO. The third kappa shape index (κ3) is 1.25.